The first-order valence-electron chi connectivity index (χ1n) is 10.9. The van der Waals surface area contributed by atoms with Gasteiger partial charge in [0.1, 0.15) is 0 Å². The molecule has 1 unspecified atom stereocenters. The van der Waals surface area contributed by atoms with Crippen molar-refractivity contribution in [3.05, 3.63) is 29.3 Å². The molecule has 2 fully saturated rings. The highest BCUT2D eigenvalue weighted by molar-refractivity contribution is 5.96. The molecule has 0 spiro atoms. The number of rotatable bonds is 4. The Bertz CT molecular complexity index is 728. The van der Waals surface area contributed by atoms with Crippen molar-refractivity contribution in [3.63, 3.8) is 0 Å². The fraction of sp³-hybridized carbons (Fsp3) is 0.652. The first-order chi connectivity index (χ1) is 13.8. The number of amides is 3. The molecule has 2 saturated heterocycles. The topological polar surface area (TPSA) is 55.9 Å². The van der Waals surface area contributed by atoms with Gasteiger partial charge in [-0.15, -0.1) is 0 Å². The molecule has 6 heteroatoms. The second-order valence-corrected chi connectivity index (χ2v) is 9.09. The fourth-order valence-electron chi connectivity index (χ4n) is 4.43. The molecular weight excluding hydrogens is 364 g/mol. The molecule has 3 amide bonds. The maximum atomic E-state index is 12.8. The first-order valence-corrected chi connectivity index (χ1v) is 10.9. The summed E-state index contributed by atoms with van der Waals surface area (Å²) in [6.07, 6.45) is 4.51. The molecule has 29 heavy (non-hydrogen) atoms. The highest BCUT2D eigenvalue weighted by Gasteiger charge is 2.23. The minimum atomic E-state index is -0.0922. The first kappa shape index (κ1) is 21.6. The van der Waals surface area contributed by atoms with E-state index in [1.807, 2.05) is 37.1 Å². The predicted octanol–water partition coefficient (Wildman–Crippen LogP) is 3.67. The van der Waals surface area contributed by atoms with Gasteiger partial charge in [0.15, 0.2) is 0 Å². The molecule has 6 nitrogen and oxygen atoms in total. The van der Waals surface area contributed by atoms with Gasteiger partial charge in [0.2, 0.25) is 0 Å². The van der Waals surface area contributed by atoms with Crippen molar-refractivity contribution < 1.29 is 9.59 Å². The molecule has 1 aromatic rings. The number of aryl methyl sites for hydroxylation is 1. The molecule has 2 aliphatic heterocycles. The lowest BCUT2D eigenvalue weighted by atomic mass is 9.98. The molecule has 1 aromatic carbocycles. The van der Waals surface area contributed by atoms with Crippen LogP contribution < -0.4 is 5.32 Å². The van der Waals surface area contributed by atoms with E-state index in [0.717, 1.165) is 56.8 Å². The highest BCUT2D eigenvalue weighted by atomic mass is 16.2. The number of urea groups is 1. The Morgan fingerprint density at radius 1 is 1.17 bits per heavy atom. The SMILES string of the molecule is Cc1cc(C(=O)N2CCC(C)CC2)ccc1NC(=O)N(C)CC1CCCN(C)C1. The number of hydrogen-bond acceptors (Lipinski definition) is 3. The van der Waals surface area contributed by atoms with E-state index >= 15 is 0 Å². The smallest absolute Gasteiger partial charge is 0.321 e. The van der Waals surface area contributed by atoms with Gasteiger partial charge in [-0.2, -0.15) is 0 Å². The molecule has 2 aliphatic rings. The van der Waals surface area contributed by atoms with Gasteiger partial charge in [-0.3, -0.25) is 4.79 Å². The minimum absolute atomic E-state index is 0.0922. The number of nitrogens with one attached hydrogen (secondary N) is 1. The third-order valence-electron chi connectivity index (χ3n) is 6.39. The van der Waals surface area contributed by atoms with Crippen LogP contribution in [0.15, 0.2) is 18.2 Å². The Kier molecular flexibility index (Phi) is 7.17. The molecule has 0 bridgehead atoms. The van der Waals surface area contributed by atoms with E-state index in [9.17, 15) is 9.59 Å². The number of carbonyl (C=O) groups is 2. The Balaban J connectivity index is 1.56. The summed E-state index contributed by atoms with van der Waals surface area (Å²) in [5.74, 6) is 1.32. The van der Waals surface area contributed by atoms with Crippen LogP contribution in [-0.2, 0) is 0 Å². The molecule has 2 heterocycles. The lowest BCUT2D eigenvalue weighted by Crippen LogP contribution is -2.41. The van der Waals surface area contributed by atoms with Crippen LogP contribution in [0.4, 0.5) is 10.5 Å². The molecule has 0 aliphatic carbocycles. The maximum absolute atomic E-state index is 12.8. The summed E-state index contributed by atoms with van der Waals surface area (Å²) < 4.78 is 0. The van der Waals surface area contributed by atoms with Crippen molar-refractivity contribution >= 4 is 17.6 Å². The second kappa shape index (κ2) is 9.61. The minimum Gasteiger partial charge on any atom is -0.339 e. The summed E-state index contributed by atoms with van der Waals surface area (Å²) in [5, 5.41) is 3.01. The molecule has 1 N–H and O–H groups in total. The zero-order valence-corrected chi connectivity index (χ0v) is 18.4. The van der Waals surface area contributed by atoms with Gasteiger partial charge in [-0.05, 0) is 81.8 Å². The van der Waals surface area contributed by atoms with Crippen molar-refractivity contribution in [1.29, 1.82) is 0 Å². The van der Waals surface area contributed by atoms with Gasteiger partial charge in [-0.25, -0.2) is 4.79 Å². The van der Waals surface area contributed by atoms with Crippen LogP contribution in [0.5, 0.6) is 0 Å². The number of hydrogen-bond donors (Lipinski definition) is 1. The highest BCUT2D eigenvalue weighted by Crippen LogP contribution is 2.22. The molecule has 160 valence electrons. The summed E-state index contributed by atoms with van der Waals surface area (Å²) in [5.41, 5.74) is 2.39. The summed E-state index contributed by atoms with van der Waals surface area (Å²) in [7, 11) is 4.00. The van der Waals surface area contributed by atoms with Crippen molar-refractivity contribution in [1.82, 2.24) is 14.7 Å². The summed E-state index contributed by atoms with van der Waals surface area (Å²) in [4.78, 5) is 31.5. The number of likely N-dealkylation sites (tertiary alicyclic amines) is 2. The van der Waals surface area contributed by atoms with Gasteiger partial charge in [0.25, 0.3) is 5.91 Å². The number of benzene rings is 1. The van der Waals surface area contributed by atoms with Gasteiger partial charge >= 0.3 is 6.03 Å². The van der Waals surface area contributed by atoms with Gasteiger partial charge in [0.05, 0.1) is 0 Å². The number of anilines is 1. The Morgan fingerprint density at radius 2 is 1.90 bits per heavy atom. The van der Waals surface area contributed by atoms with Crippen molar-refractivity contribution in [2.75, 3.05) is 52.1 Å². The number of piperidine rings is 2. The van der Waals surface area contributed by atoms with Crippen molar-refractivity contribution in [3.8, 4) is 0 Å². The summed E-state index contributed by atoms with van der Waals surface area (Å²) >= 11 is 0. The number of carbonyl (C=O) groups excluding carboxylic acids is 2. The van der Waals surface area contributed by atoms with Gasteiger partial charge in [0, 0.05) is 44.5 Å². The molecular formula is C23H36N4O2. The second-order valence-electron chi connectivity index (χ2n) is 9.09. The Morgan fingerprint density at radius 3 is 2.55 bits per heavy atom. The largest absolute Gasteiger partial charge is 0.339 e. The molecule has 0 saturated carbocycles. The van der Waals surface area contributed by atoms with E-state index in [-0.39, 0.29) is 11.9 Å². The molecule has 1 atom stereocenters. The van der Waals surface area contributed by atoms with E-state index in [2.05, 4.69) is 24.2 Å². The average molecular weight is 401 g/mol. The summed E-state index contributed by atoms with van der Waals surface area (Å²) in [6, 6.07) is 5.49. The predicted molar refractivity (Wildman–Crippen MR) is 117 cm³/mol. The zero-order valence-electron chi connectivity index (χ0n) is 18.4. The maximum Gasteiger partial charge on any atom is 0.321 e. The van der Waals surface area contributed by atoms with Crippen LogP contribution in [0.2, 0.25) is 0 Å². The van der Waals surface area contributed by atoms with Crippen LogP contribution >= 0.6 is 0 Å². The normalized spacial score (nSPS) is 21.1. The van der Waals surface area contributed by atoms with Crippen molar-refractivity contribution in [2.24, 2.45) is 11.8 Å². The Labute approximate surface area is 175 Å². The van der Waals surface area contributed by atoms with Gasteiger partial charge < -0.3 is 20.0 Å². The van der Waals surface area contributed by atoms with E-state index in [1.54, 1.807) is 4.90 Å². The van der Waals surface area contributed by atoms with E-state index in [1.165, 1.54) is 12.8 Å². The lowest BCUT2D eigenvalue weighted by Gasteiger charge is -2.32. The van der Waals surface area contributed by atoms with E-state index < -0.39 is 0 Å². The van der Waals surface area contributed by atoms with Gasteiger partial charge in [-0.1, -0.05) is 6.92 Å². The molecule has 3 rings (SSSR count). The average Bonchev–Trinajstić information content (AvgIpc) is 2.69. The van der Waals surface area contributed by atoms with Crippen molar-refractivity contribution in [2.45, 2.75) is 39.5 Å². The summed E-state index contributed by atoms with van der Waals surface area (Å²) in [6.45, 7) is 8.81. The quantitative estimate of drug-likeness (QED) is 0.839. The third-order valence-corrected chi connectivity index (χ3v) is 6.39. The number of nitrogens with zero attached hydrogens (tertiary/aromatic N) is 3. The van der Waals surface area contributed by atoms with Crippen LogP contribution in [0.1, 0.15) is 48.5 Å². The van der Waals surface area contributed by atoms with E-state index in [0.29, 0.717) is 17.4 Å². The van der Waals surface area contributed by atoms with Crippen LogP contribution in [-0.4, -0.2) is 73.5 Å². The van der Waals surface area contributed by atoms with Crippen LogP contribution in [0.25, 0.3) is 0 Å². The van der Waals surface area contributed by atoms with Crippen LogP contribution in [0, 0.1) is 18.8 Å². The lowest BCUT2D eigenvalue weighted by molar-refractivity contribution is 0.0697. The molecule has 0 radical (unpaired) electrons. The zero-order chi connectivity index (χ0) is 21.0. The Hall–Kier alpha value is -2.08. The van der Waals surface area contributed by atoms with E-state index in [4.69, 9.17) is 0 Å². The monoisotopic (exact) mass is 400 g/mol. The van der Waals surface area contributed by atoms with Crippen LogP contribution in [0.3, 0.4) is 0 Å². The fourth-order valence-corrected chi connectivity index (χ4v) is 4.43. The third kappa shape index (κ3) is 5.72. The standard InChI is InChI=1S/C23H36N4O2/c1-17-9-12-27(13-10-17)22(28)20-7-8-21(18(2)14-20)24-23(29)26(4)16-19-6-5-11-25(3)15-19/h7-8,14,17,19H,5-6,9-13,15-16H2,1-4H3,(H,24,29). The molecule has 0 aromatic heterocycles.